The van der Waals surface area contributed by atoms with Gasteiger partial charge in [0.05, 0.1) is 11.7 Å². The average molecular weight is 170 g/mol. The average Bonchev–Trinajstić information content (AvgIpc) is 1.92. The molecule has 1 heterocycles. The van der Waals surface area contributed by atoms with Crippen LogP contribution in [0.1, 0.15) is 48.5 Å². The van der Waals surface area contributed by atoms with Crippen molar-refractivity contribution < 1.29 is 4.74 Å². The molecule has 12 heavy (non-hydrogen) atoms. The van der Waals surface area contributed by atoms with E-state index in [4.69, 9.17) is 4.74 Å². The lowest BCUT2D eigenvalue weighted by Crippen LogP contribution is -2.42. The molecule has 0 spiro atoms. The summed E-state index contributed by atoms with van der Waals surface area (Å²) >= 11 is 0. The Balaban J connectivity index is 3.10. The van der Waals surface area contributed by atoms with Crippen LogP contribution >= 0.6 is 0 Å². The van der Waals surface area contributed by atoms with E-state index in [-0.39, 0.29) is 16.4 Å². The Kier molecular flexibility index (Phi) is 1.89. The molecule has 0 saturated carbocycles. The first-order valence-corrected chi connectivity index (χ1v) is 4.81. The molecule has 1 heteroatoms. The van der Waals surface area contributed by atoms with Crippen molar-refractivity contribution in [2.45, 2.75) is 60.2 Å². The molecule has 0 radical (unpaired) electrons. The second-order valence-corrected chi connectivity index (χ2v) is 5.62. The van der Waals surface area contributed by atoms with Gasteiger partial charge in [-0.2, -0.15) is 0 Å². The second kappa shape index (κ2) is 2.25. The van der Waals surface area contributed by atoms with Crippen LogP contribution in [0.15, 0.2) is 0 Å². The van der Waals surface area contributed by atoms with Gasteiger partial charge in [-0.15, -0.1) is 0 Å². The lowest BCUT2D eigenvalue weighted by atomic mass is 9.61. The molecule has 1 aliphatic rings. The van der Waals surface area contributed by atoms with Crippen LogP contribution in [-0.4, -0.2) is 11.7 Å². The molecule has 0 aromatic heterocycles. The lowest BCUT2D eigenvalue weighted by Gasteiger charge is -2.41. The zero-order valence-corrected chi connectivity index (χ0v) is 9.49. The molecule has 1 aliphatic heterocycles. The molecule has 0 amide bonds. The molecule has 0 N–H and O–H groups in total. The fraction of sp³-hybridized carbons (Fsp3) is 1.00. The zero-order chi connectivity index (χ0) is 9.78. The van der Waals surface area contributed by atoms with Gasteiger partial charge in [0.25, 0.3) is 0 Å². The molecular weight excluding hydrogens is 148 g/mol. The van der Waals surface area contributed by atoms with Crippen molar-refractivity contribution in [2.75, 3.05) is 0 Å². The van der Waals surface area contributed by atoms with Crippen LogP contribution in [0.3, 0.4) is 0 Å². The largest absolute Gasteiger partial charge is 0.371 e. The monoisotopic (exact) mass is 170 g/mol. The van der Waals surface area contributed by atoms with Gasteiger partial charge in [0.1, 0.15) is 0 Å². The van der Waals surface area contributed by atoms with E-state index in [1.807, 2.05) is 0 Å². The third-order valence-electron chi connectivity index (χ3n) is 4.60. The van der Waals surface area contributed by atoms with Crippen LogP contribution in [0, 0.1) is 10.8 Å². The van der Waals surface area contributed by atoms with Gasteiger partial charge in [0, 0.05) is 5.41 Å². The topological polar surface area (TPSA) is 9.23 Å². The Morgan fingerprint density at radius 1 is 0.917 bits per heavy atom. The first kappa shape index (κ1) is 10.0. The standard InChI is InChI=1S/C11H22O/c1-8-9(2,3)10(4,5)11(6,7)12-8/h8H,1-7H3. The predicted octanol–water partition coefficient (Wildman–Crippen LogP) is 3.24. The highest BCUT2D eigenvalue weighted by Gasteiger charge is 2.58. The van der Waals surface area contributed by atoms with E-state index in [0.717, 1.165) is 0 Å². The first-order chi connectivity index (χ1) is 5.13. The lowest BCUT2D eigenvalue weighted by molar-refractivity contribution is -0.0456. The fourth-order valence-corrected chi connectivity index (χ4v) is 2.02. The van der Waals surface area contributed by atoms with Crippen molar-refractivity contribution >= 4 is 0 Å². The van der Waals surface area contributed by atoms with Crippen molar-refractivity contribution in [2.24, 2.45) is 10.8 Å². The maximum atomic E-state index is 5.98. The molecule has 1 saturated heterocycles. The Labute approximate surface area is 76.5 Å². The molecule has 1 nitrogen and oxygen atoms in total. The van der Waals surface area contributed by atoms with Gasteiger partial charge in [-0.3, -0.25) is 0 Å². The van der Waals surface area contributed by atoms with Gasteiger partial charge in [-0.25, -0.2) is 0 Å². The van der Waals surface area contributed by atoms with E-state index in [1.165, 1.54) is 0 Å². The molecule has 1 fully saturated rings. The van der Waals surface area contributed by atoms with E-state index in [1.54, 1.807) is 0 Å². The predicted molar refractivity (Wildman–Crippen MR) is 52.2 cm³/mol. The Bertz CT molecular complexity index is 189. The van der Waals surface area contributed by atoms with Gasteiger partial charge in [0.2, 0.25) is 0 Å². The van der Waals surface area contributed by atoms with E-state index in [2.05, 4.69) is 48.5 Å². The molecule has 1 unspecified atom stereocenters. The number of hydrogen-bond donors (Lipinski definition) is 0. The maximum Gasteiger partial charge on any atom is 0.0687 e. The first-order valence-electron chi connectivity index (χ1n) is 4.81. The molecule has 72 valence electrons. The molecule has 0 bridgehead atoms. The smallest absolute Gasteiger partial charge is 0.0687 e. The van der Waals surface area contributed by atoms with Crippen molar-refractivity contribution in [3.8, 4) is 0 Å². The number of hydrogen-bond acceptors (Lipinski definition) is 1. The molecule has 1 rings (SSSR count). The Morgan fingerprint density at radius 2 is 1.33 bits per heavy atom. The van der Waals surface area contributed by atoms with Crippen molar-refractivity contribution in [3.63, 3.8) is 0 Å². The highest BCUT2D eigenvalue weighted by atomic mass is 16.5. The highest BCUT2D eigenvalue weighted by molar-refractivity contribution is 5.06. The summed E-state index contributed by atoms with van der Waals surface area (Å²) in [4.78, 5) is 0. The minimum Gasteiger partial charge on any atom is -0.371 e. The quantitative estimate of drug-likeness (QED) is 0.542. The summed E-state index contributed by atoms with van der Waals surface area (Å²) in [6.07, 6.45) is 0.350. The maximum absolute atomic E-state index is 5.98. The normalized spacial score (nSPS) is 36.8. The minimum absolute atomic E-state index is 0.00405. The molecular formula is C11H22O. The zero-order valence-electron chi connectivity index (χ0n) is 9.49. The summed E-state index contributed by atoms with van der Waals surface area (Å²) in [7, 11) is 0. The summed E-state index contributed by atoms with van der Waals surface area (Å²) in [5.41, 5.74) is 0.492. The second-order valence-electron chi connectivity index (χ2n) is 5.62. The summed E-state index contributed by atoms with van der Waals surface area (Å²) in [6.45, 7) is 15.8. The van der Waals surface area contributed by atoms with Gasteiger partial charge in [-0.05, 0) is 26.2 Å². The van der Waals surface area contributed by atoms with Gasteiger partial charge in [-0.1, -0.05) is 27.7 Å². The van der Waals surface area contributed by atoms with Crippen LogP contribution in [0.4, 0.5) is 0 Å². The van der Waals surface area contributed by atoms with Crippen LogP contribution in [-0.2, 0) is 4.74 Å². The van der Waals surface area contributed by atoms with Crippen LogP contribution in [0.2, 0.25) is 0 Å². The third kappa shape index (κ3) is 0.953. The van der Waals surface area contributed by atoms with Crippen molar-refractivity contribution in [1.29, 1.82) is 0 Å². The van der Waals surface area contributed by atoms with E-state index < -0.39 is 0 Å². The van der Waals surface area contributed by atoms with Gasteiger partial charge >= 0.3 is 0 Å². The van der Waals surface area contributed by atoms with E-state index in [0.29, 0.717) is 6.10 Å². The summed E-state index contributed by atoms with van der Waals surface area (Å²) in [6, 6.07) is 0. The van der Waals surface area contributed by atoms with Crippen molar-refractivity contribution in [3.05, 3.63) is 0 Å². The van der Waals surface area contributed by atoms with E-state index >= 15 is 0 Å². The SMILES string of the molecule is CC1OC(C)(C)C(C)(C)C1(C)C. The van der Waals surface area contributed by atoms with Crippen LogP contribution in [0.25, 0.3) is 0 Å². The Hall–Kier alpha value is -0.0400. The summed E-state index contributed by atoms with van der Waals surface area (Å²) < 4.78 is 5.98. The Morgan fingerprint density at radius 3 is 1.42 bits per heavy atom. The van der Waals surface area contributed by atoms with Crippen LogP contribution in [0.5, 0.6) is 0 Å². The fourth-order valence-electron chi connectivity index (χ4n) is 2.02. The van der Waals surface area contributed by atoms with E-state index in [9.17, 15) is 0 Å². The number of rotatable bonds is 0. The molecule has 0 aromatic carbocycles. The van der Waals surface area contributed by atoms with Crippen LogP contribution < -0.4 is 0 Å². The third-order valence-corrected chi connectivity index (χ3v) is 4.60. The van der Waals surface area contributed by atoms with Gasteiger partial charge < -0.3 is 4.74 Å². The summed E-state index contributed by atoms with van der Waals surface area (Å²) in [5, 5.41) is 0. The van der Waals surface area contributed by atoms with Crippen molar-refractivity contribution in [1.82, 2.24) is 0 Å². The minimum atomic E-state index is -0.00405. The highest BCUT2D eigenvalue weighted by Crippen LogP contribution is 2.57. The van der Waals surface area contributed by atoms with Gasteiger partial charge in [0.15, 0.2) is 0 Å². The summed E-state index contributed by atoms with van der Waals surface area (Å²) in [5.74, 6) is 0. The number of ether oxygens (including phenoxy) is 1. The molecule has 0 aliphatic carbocycles. The molecule has 0 aromatic rings. The molecule has 1 atom stereocenters.